The Morgan fingerprint density at radius 3 is 2.48 bits per heavy atom. The third-order valence-electron chi connectivity index (χ3n) is 4.96. The summed E-state index contributed by atoms with van der Waals surface area (Å²) in [4.78, 5) is 25.0. The first-order valence-corrected chi connectivity index (χ1v) is 10.1. The van der Waals surface area contributed by atoms with Crippen LogP contribution in [0, 0.1) is 5.92 Å². The van der Waals surface area contributed by atoms with E-state index in [1.807, 2.05) is 24.3 Å². The first-order valence-electron chi connectivity index (χ1n) is 8.67. The van der Waals surface area contributed by atoms with Gasteiger partial charge in [0.05, 0.1) is 17.7 Å². The fourth-order valence-corrected chi connectivity index (χ4v) is 5.06. The predicted octanol–water partition coefficient (Wildman–Crippen LogP) is 1.09. The van der Waals surface area contributed by atoms with E-state index in [0.717, 1.165) is 11.4 Å². The highest BCUT2D eigenvalue weighted by Crippen LogP contribution is 2.31. The Morgan fingerprint density at radius 1 is 1.19 bits per heavy atom. The molecule has 1 aromatic rings. The average Bonchev–Trinajstić information content (AvgIpc) is 2.68. The molecule has 0 unspecified atom stereocenters. The summed E-state index contributed by atoms with van der Waals surface area (Å²) in [6.45, 7) is 1.55. The molecule has 0 aromatic heterocycles. The van der Waals surface area contributed by atoms with E-state index < -0.39 is 27.7 Å². The molecular formula is C18H22N2O6S. The molecule has 9 heteroatoms. The Kier molecular flexibility index (Phi) is 5.52. The van der Waals surface area contributed by atoms with E-state index >= 15 is 0 Å². The molecule has 1 heterocycles. The van der Waals surface area contributed by atoms with Crippen molar-refractivity contribution in [3.8, 4) is 5.75 Å². The third-order valence-corrected chi connectivity index (χ3v) is 7.00. The second-order valence-corrected chi connectivity index (χ2v) is 8.49. The molecule has 1 aromatic carbocycles. The number of nitrogens with zero attached hydrogens (tertiary/aromatic N) is 2. The van der Waals surface area contributed by atoms with Gasteiger partial charge >= 0.3 is 5.97 Å². The van der Waals surface area contributed by atoms with Gasteiger partial charge in [0, 0.05) is 39.0 Å². The van der Waals surface area contributed by atoms with Gasteiger partial charge in [-0.2, -0.15) is 4.31 Å². The van der Waals surface area contributed by atoms with Crippen LogP contribution < -0.4 is 9.64 Å². The Morgan fingerprint density at radius 2 is 1.85 bits per heavy atom. The van der Waals surface area contributed by atoms with E-state index in [4.69, 9.17) is 9.84 Å². The first-order chi connectivity index (χ1) is 12.8. The molecular weight excluding hydrogens is 372 g/mol. The van der Waals surface area contributed by atoms with Crippen molar-refractivity contribution in [2.24, 2.45) is 5.92 Å². The number of methoxy groups -OCH3 is 1. The minimum absolute atomic E-state index is 0.0280. The molecule has 3 rings (SSSR count). The maximum absolute atomic E-state index is 12.9. The first kappa shape index (κ1) is 19.4. The summed E-state index contributed by atoms with van der Waals surface area (Å²) >= 11 is 0. The van der Waals surface area contributed by atoms with Gasteiger partial charge in [-0.15, -0.1) is 0 Å². The molecule has 1 aliphatic heterocycles. The molecule has 0 spiro atoms. The normalized spacial score (nSPS) is 21.7. The van der Waals surface area contributed by atoms with E-state index in [1.54, 1.807) is 7.11 Å². The van der Waals surface area contributed by atoms with Gasteiger partial charge < -0.3 is 14.7 Å². The van der Waals surface area contributed by atoms with E-state index in [9.17, 15) is 18.0 Å². The molecule has 0 amide bonds. The van der Waals surface area contributed by atoms with Gasteiger partial charge in [-0.3, -0.25) is 9.59 Å². The standard InChI is InChI=1S/C18H22N2O6S/c1-26-17-5-3-2-4-15(17)19-8-10-20(11-9-19)27(24,25)13-6-7-16(21)14(12-13)18(22)23/h2-6,14H,7-12H2,1H3,(H,22,23)/t14-/m1/s1. The van der Waals surface area contributed by atoms with Crippen molar-refractivity contribution in [3.63, 3.8) is 0 Å². The number of hydrogen-bond acceptors (Lipinski definition) is 6. The van der Waals surface area contributed by atoms with Crippen LogP contribution in [0.25, 0.3) is 0 Å². The number of carbonyl (C=O) groups is 2. The third kappa shape index (κ3) is 3.84. The SMILES string of the molecule is COc1ccccc1N1CCN(S(=O)(=O)C2=CCC(=O)[C@H](C(=O)O)C2)CC1. The van der Waals surface area contributed by atoms with Crippen LogP contribution in [0.4, 0.5) is 5.69 Å². The molecule has 1 N–H and O–H groups in total. The number of piperazine rings is 1. The molecule has 2 aliphatic rings. The lowest BCUT2D eigenvalue weighted by atomic mass is 9.93. The second-order valence-electron chi connectivity index (χ2n) is 6.50. The number of aliphatic carboxylic acids is 1. The van der Waals surface area contributed by atoms with Crippen LogP contribution in [-0.2, 0) is 19.6 Å². The number of anilines is 1. The zero-order valence-electron chi connectivity index (χ0n) is 15.0. The number of ketones is 1. The van der Waals surface area contributed by atoms with Crippen LogP contribution in [0.3, 0.4) is 0 Å². The Balaban J connectivity index is 1.72. The topological polar surface area (TPSA) is 104 Å². The summed E-state index contributed by atoms with van der Waals surface area (Å²) in [6.07, 6.45) is 0.916. The fraction of sp³-hybridized carbons (Fsp3) is 0.444. The molecule has 1 fully saturated rings. The van der Waals surface area contributed by atoms with Gasteiger partial charge in [0.2, 0.25) is 10.0 Å². The summed E-state index contributed by atoms with van der Waals surface area (Å²) in [7, 11) is -2.18. The summed E-state index contributed by atoms with van der Waals surface area (Å²) in [5.74, 6) is -2.29. The van der Waals surface area contributed by atoms with Crippen molar-refractivity contribution in [1.29, 1.82) is 0 Å². The van der Waals surface area contributed by atoms with Gasteiger partial charge in [0.25, 0.3) is 0 Å². The van der Waals surface area contributed by atoms with Crippen molar-refractivity contribution >= 4 is 27.5 Å². The number of carboxylic acids is 1. The molecule has 1 saturated heterocycles. The number of carbonyl (C=O) groups excluding carboxylic acids is 1. The predicted molar refractivity (Wildman–Crippen MR) is 99.1 cm³/mol. The van der Waals surface area contributed by atoms with Crippen molar-refractivity contribution in [3.05, 3.63) is 35.2 Å². The summed E-state index contributed by atoms with van der Waals surface area (Å²) in [5.41, 5.74) is 0.908. The van der Waals surface area contributed by atoms with Crippen LogP contribution in [0.15, 0.2) is 35.2 Å². The number of hydrogen-bond donors (Lipinski definition) is 1. The Hall–Kier alpha value is -2.39. The van der Waals surface area contributed by atoms with Crippen molar-refractivity contribution in [2.75, 3.05) is 38.2 Å². The lowest BCUT2D eigenvalue weighted by Gasteiger charge is -2.36. The number of carboxylic acid groups (broad SMARTS) is 1. The molecule has 0 radical (unpaired) electrons. The van der Waals surface area contributed by atoms with Crippen LogP contribution in [0.2, 0.25) is 0 Å². The number of rotatable bonds is 5. The minimum Gasteiger partial charge on any atom is -0.495 e. The number of para-hydroxylation sites is 2. The highest BCUT2D eigenvalue weighted by atomic mass is 32.2. The van der Waals surface area contributed by atoms with E-state index in [1.165, 1.54) is 10.4 Å². The molecule has 1 aliphatic carbocycles. The molecule has 0 saturated carbocycles. The van der Waals surface area contributed by atoms with Gasteiger partial charge in [0.1, 0.15) is 11.7 Å². The second kappa shape index (κ2) is 7.69. The monoisotopic (exact) mass is 394 g/mol. The Bertz CT molecular complexity index is 872. The van der Waals surface area contributed by atoms with Crippen molar-refractivity contribution in [2.45, 2.75) is 12.8 Å². The summed E-state index contributed by atoms with van der Waals surface area (Å²) in [5, 5.41) is 9.14. The number of Topliss-reactive ketones (excluding diaryl/α,β-unsaturated/α-hetero) is 1. The smallest absolute Gasteiger partial charge is 0.314 e. The number of allylic oxidation sites excluding steroid dienone is 2. The number of ether oxygens (including phenoxy) is 1. The van der Waals surface area contributed by atoms with Crippen LogP contribution >= 0.6 is 0 Å². The van der Waals surface area contributed by atoms with Crippen molar-refractivity contribution in [1.82, 2.24) is 4.31 Å². The average molecular weight is 394 g/mol. The quantitative estimate of drug-likeness (QED) is 0.746. The largest absolute Gasteiger partial charge is 0.495 e. The molecule has 0 bridgehead atoms. The maximum Gasteiger partial charge on any atom is 0.314 e. The lowest BCUT2D eigenvalue weighted by Crippen LogP contribution is -2.49. The zero-order valence-corrected chi connectivity index (χ0v) is 15.8. The van der Waals surface area contributed by atoms with E-state index in [0.29, 0.717) is 13.1 Å². The van der Waals surface area contributed by atoms with Gasteiger partial charge in [-0.25, -0.2) is 8.42 Å². The Labute approximate surface area is 158 Å². The van der Waals surface area contributed by atoms with E-state index in [-0.39, 0.29) is 30.8 Å². The number of benzene rings is 1. The fourth-order valence-electron chi connectivity index (χ4n) is 3.42. The highest BCUT2D eigenvalue weighted by molar-refractivity contribution is 7.93. The molecule has 27 heavy (non-hydrogen) atoms. The minimum atomic E-state index is -3.78. The zero-order chi connectivity index (χ0) is 19.6. The van der Waals surface area contributed by atoms with E-state index in [2.05, 4.69) is 4.90 Å². The summed E-state index contributed by atoms with van der Waals surface area (Å²) < 4.78 is 32.5. The molecule has 146 valence electrons. The molecule has 8 nitrogen and oxygen atoms in total. The van der Waals surface area contributed by atoms with Crippen LogP contribution in [0.1, 0.15) is 12.8 Å². The maximum atomic E-state index is 12.9. The van der Waals surface area contributed by atoms with Crippen LogP contribution in [-0.4, -0.2) is 62.9 Å². The van der Waals surface area contributed by atoms with Gasteiger partial charge in [0.15, 0.2) is 5.78 Å². The summed E-state index contributed by atoms with van der Waals surface area (Å²) in [6, 6.07) is 7.56. The van der Waals surface area contributed by atoms with Gasteiger partial charge in [-0.05, 0) is 12.1 Å². The number of sulfonamides is 1. The highest BCUT2D eigenvalue weighted by Gasteiger charge is 2.37. The molecule has 1 atom stereocenters. The van der Waals surface area contributed by atoms with Crippen molar-refractivity contribution < 1.29 is 27.9 Å². The van der Waals surface area contributed by atoms with Crippen LogP contribution in [0.5, 0.6) is 5.75 Å². The van der Waals surface area contributed by atoms with Gasteiger partial charge in [-0.1, -0.05) is 18.2 Å². The lowest BCUT2D eigenvalue weighted by molar-refractivity contribution is -0.146.